The number of hydrogen-bond acceptors (Lipinski definition) is 6. The first kappa shape index (κ1) is 20.1. The highest BCUT2D eigenvalue weighted by atomic mass is 35.5. The number of nitrogens with zero attached hydrogens (tertiary/aromatic N) is 1. The monoisotopic (exact) mass is 381 g/mol. The number of aliphatic hydroxyl groups excluding tert-OH is 1. The number of methoxy groups -OCH3 is 3. The van der Waals surface area contributed by atoms with Crippen molar-refractivity contribution in [3.05, 3.63) is 39.5 Å². The quantitative estimate of drug-likeness (QED) is 0.785. The summed E-state index contributed by atoms with van der Waals surface area (Å²) in [5.41, 5.74) is 2.49. The number of ether oxygens (including phenoxy) is 4. The maximum Gasteiger partial charge on any atom is 0.219 e. The minimum atomic E-state index is -1.07. The van der Waals surface area contributed by atoms with Crippen molar-refractivity contribution in [2.75, 3.05) is 27.9 Å². The number of halogens is 1. The van der Waals surface area contributed by atoms with E-state index in [2.05, 4.69) is 4.98 Å². The standard InChI is InChI=1S/C19H24ClNO5/c1-7-26-19-15(11(3)12(20)9-21-19)16(22)14-10(2)8-13(23-4)17(24-5)18(14)25-6/h8-9,16,22H,7H2,1-6H3. The predicted molar refractivity (Wildman–Crippen MR) is 100 cm³/mol. The average molecular weight is 382 g/mol. The number of benzene rings is 1. The number of rotatable bonds is 7. The van der Waals surface area contributed by atoms with Crippen molar-refractivity contribution in [1.29, 1.82) is 0 Å². The van der Waals surface area contributed by atoms with Gasteiger partial charge in [-0.25, -0.2) is 4.98 Å². The first-order valence-corrected chi connectivity index (χ1v) is 8.54. The molecule has 1 heterocycles. The molecule has 6 nitrogen and oxygen atoms in total. The summed E-state index contributed by atoms with van der Waals surface area (Å²) in [4.78, 5) is 4.23. The van der Waals surface area contributed by atoms with Crippen LogP contribution in [0.1, 0.15) is 35.3 Å². The highest BCUT2D eigenvalue weighted by Crippen LogP contribution is 2.47. The molecule has 0 amide bonds. The van der Waals surface area contributed by atoms with Crippen molar-refractivity contribution in [3.63, 3.8) is 0 Å². The lowest BCUT2D eigenvalue weighted by Gasteiger charge is -2.24. The number of aromatic nitrogens is 1. The summed E-state index contributed by atoms with van der Waals surface area (Å²) >= 11 is 6.23. The van der Waals surface area contributed by atoms with Gasteiger partial charge in [0.1, 0.15) is 6.10 Å². The lowest BCUT2D eigenvalue weighted by molar-refractivity contribution is 0.201. The SMILES string of the molecule is CCOc1ncc(Cl)c(C)c1C(O)c1c(C)cc(OC)c(OC)c1OC. The van der Waals surface area contributed by atoms with E-state index in [0.717, 1.165) is 5.56 Å². The van der Waals surface area contributed by atoms with Crippen LogP contribution in [0.3, 0.4) is 0 Å². The van der Waals surface area contributed by atoms with E-state index < -0.39 is 6.10 Å². The van der Waals surface area contributed by atoms with Crippen LogP contribution in [0, 0.1) is 13.8 Å². The molecule has 0 bridgehead atoms. The van der Waals surface area contributed by atoms with Crippen molar-refractivity contribution in [3.8, 4) is 23.1 Å². The second-order valence-electron chi connectivity index (χ2n) is 5.66. The first-order chi connectivity index (χ1) is 12.4. The molecule has 0 aliphatic heterocycles. The van der Waals surface area contributed by atoms with Gasteiger partial charge in [-0.1, -0.05) is 11.6 Å². The third-order valence-electron chi connectivity index (χ3n) is 4.19. The molecule has 0 fully saturated rings. The smallest absolute Gasteiger partial charge is 0.219 e. The van der Waals surface area contributed by atoms with Gasteiger partial charge in [0, 0.05) is 11.8 Å². The van der Waals surface area contributed by atoms with Gasteiger partial charge in [-0.15, -0.1) is 0 Å². The second kappa shape index (κ2) is 8.47. The van der Waals surface area contributed by atoms with Crippen LogP contribution in [0.4, 0.5) is 0 Å². The van der Waals surface area contributed by atoms with Gasteiger partial charge in [-0.3, -0.25) is 0 Å². The number of aliphatic hydroxyl groups is 1. The van der Waals surface area contributed by atoms with Crippen LogP contribution >= 0.6 is 11.6 Å². The molecule has 0 aliphatic rings. The molecule has 0 saturated heterocycles. The van der Waals surface area contributed by atoms with Gasteiger partial charge in [0.15, 0.2) is 11.5 Å². The minimum absolute atomic E-state index is 0.332. The predicted octanol–water partition coefficient (Wildman–Crippen LogP) is 3.86. The molecule has 1 atom stereocenters. The number of hydrogen-bond donors (Lipinski definition) is 1. The van der Waals surface area contributed by atoms with E-state index >= 15 is 0 Å². The maximum atomic E-state index is 11.2. The molecule has 1 N–H and O–H groups in total. The van der Waals surface area contributed by atoms with E-state index in [1.807, 2.05) is 20.8 Å². The third-order valence-corrected chi connectivity index (χ3v) is 4.57. The van der Waals surface area contributed by atoms with Crippen molar-refractivity contribution in [2.45, 2.75) is 26.9 Å². The van der Waals surface area contributed by atoms with Crippen molar-refractivity contribution >= 4 is 11.6 Å². The normalized spacial score (nSPS) is 11.8. The van der Waals surface area contributed by atoms with Gasteiger partial charge >= 0.3 is 0 Å². The number of pyridine rings is 1. The summed E-state index contributed by atoms with van der Waals surface area (Å²) in [6, 6.07) is 1.79. The van der Waals surface area contributed by atoms with Crippen LogP contribution in [0.2, 0.25) is 5.02 Å². The van der Waals surface area contributed by atoms with Gasteiger partial charge < -0.3 is 24.1 Å². The van der Waals surface area contributed by atoms with Crippen LogP contribution < -0.4 is 18.9 Å². The fourth-order valence-electron chi connectivity index (χ4n) is 2.93. The zero-order chi connectivity index (χ0) is 19.4. The van der Waals surface area contributed by atoms with E-state index in [-0.39, 0.29) is 0 Å². The Labute approximate surface area is 158 Å². The molecule has 0 radical (unpaired) electrons. The molecule has 2 rings (SSSR count). The Bertz CT molecular complexity index is 794. The summed E-state index contributed by atoms with van der Waals surface area (Å²) < 4.78 is 21.9. The zero-order valence-electron chi connectivity index (χ0n) is 15.8. The van der Waals surface area contributed by atoms with E-state index in [9.17, 15) is 5.11 Å². The maximum absolute atomic E-state index is 11.2. The molecule has 1 aromatic carbocycles. The molecule has 0 saturated carbocycles. The fraction of sp³-hybridized carbons (Fsp3) is 0.421. The van der Waals surface area contributed by atoms with Crippen LogP contribution in [-0.2, 0) is 0 Å². The van der Waals surface area contributed by atoms with Crippen molar-refractivity contribution < 1.29 is 24.1 Å². The Morgan fingerprint density at radius 2 is 1.73 bits per heavy atom. The topological polar surface area (TPSA) is 70.0 Å². The summed E-state index contributed by atoms with van der Waals surface area (Å²) in [6.07, 6.45) is 0.439. The van der Waals surface area contributed by atoms with E-state index in [1.165, 1.54) is 20.4 Å². The lowest BCUT2D eigenvalue weighted by Crippen LogP contribution is -2.11. The molecule has 1 aromatic heterocycles. The van der Waals surface area contributed by atoms with Gasteiger partial charge in [0.25, 0.3) is 0 Å². The van der Waals surface area contributed by atoms with Crippen LogP contribution in [0.15, 0.2) is 12.3 Å². The van der Waals surface area contributed by atoms with E-state index in [0.29, 0.717) is 51.4 Å². The van der Waals surface area contributed by atoms with Crippen LogP contribution in [0.5, 0.6) is 23.1 Å². The van der Waals surface area contributed by atoms with Gasteiger partial charge in [0.05, 0.1) is 38.5 Å². The molecule has 0 spiro atoms. The Balaban J connectivity index is 2.75. The Morgan fingerprint density at radius 3 is 2.27 bits per heavy atom. The van der Waals surface area contributed by atoms with Gasteiger partial charge in [-0.05, 0) is 38.0 Å². The lowest BCUT2D eigenvalue weighted by atomic mass is 9.93. The molecule has 142 valence electrons. The minimum Gasteiger partial charge on any atom is -0.493 e. The van der Waals surface area contributed by atoms with E-state index in [4.69, 9.17) is 30.5 Å². The molecule has 0 aliphatic carbocycles. The van der Waals surface area contributed by atoms with E-state index in [1.54, 1.807) is 13.2 Å². The average Bonchev–Trinajstić information content (AvgIpc) is 2.63. The molecular weight excluding hydrogens is 358 g/mol. The van der Waals surface area contributed by atoms with Gasteiger partial charge in [0.2, 0.25) is 11.6 Å². The highest BCUT2D eigenvalue weighted by molar-refractivity contribution is 6.31. The molecule has 26 heavy (non-hydrogen) atoms. The number of aryl methyl sites for hydroxylation is 1. The summed E-state index contributed by atoms with van der Waals surface area (Å²) in [5.74, 6) is 1.64. The first-order valence-electron chi connectivity index (χ1n) is 8.16. The second-order valence-corrected chi connectivity index (χ2v) is 6.07. The summed E-state index contributed by atoms with van der Waals surface area (Å²) in [7, 11) is 4.58. The van der Waals surface area contributed by atoms with Crippen LogP contribution in [-0.4, -0.2) is 38.0 Å². The largest absolute Gasteiger partial charge is 0.493 e. The summed E-state index contributed by atoms with van der Waals surface area (Å²) in [5, 5.41) is 11.7. The van der Waals surface area contributed by atoms with Crippen molar-refractivity contribution in [2.24, 2.45) is 0 Å². The fourth-order valence-corrected chi connectivity index (χ4v) is 3.08. The molecule has 2 aromatic rings. The third kappa shape index (κ3) is 3.52. The van der Waals surface area contributed by atoms with Crippen LogP contribution in [0.25, 0.3) is 0 Å². The zero-order valence-corrected chi connectivity index (χ0v) is 16.6. The Morgan fingerprint density at radius 1 is 1.08 bits per heavy atom. The molecular formula is C19H24ClNO5. The summed E-state index contributed by atoms with van der Waals surface area (Å²) in [6.45, 7) is 5.93. The molecule has 1 unspecified atom stereocenters. The van der Waals surface area contributed by atoms with Crippen molar-refractivity contribution in [1.82, 2.24) is 4.98 Å². The van der Waals surface area contributed by atoms with Gasteiger partial charge in [-0.2, -0.15) is 0 Å². The Kier molecular flexibility index (Phi) is 6.56. The highest BCUT2D eigenvalue weighted by Gasteiger charge is 2.29. The Hall–Kier alpha value is -2.18. The molecule has 7 heteroatoms.